The van der Waals surface area contributed by atoms with Crippen LogP contribution in [0.1, 0.15) is 40.9 Å². The van der Waals surface area contributed by atoms with Crippen LogP contribution in [0.5, 0.6) is 0 Å². The van der Waals surface area contributed by atoms with Gasteiger partial charge < -0.3 is 14.7 Å². The topological polar surface area (TPSA) is 61.7 Å². The van der Waals surface area contributed by atoms with E-state index in [4.69, 9.17) is 0 Å². The Morgan fingerprint density at radius 3 is 2.35 bits per heavy atom. The molecule has 7 heteroatoms. The predicted molar refractivity (Wildman–Crippen MR) is 134 cm³/mol. The third kappa shape index (κ3) is 4.39. The highest BCUT2D eigenvalue weighted by atomic mass is 16.2. The van der Waals surface area contributed by atoms with E-state index in [1.807, 2.05) is 34.1 Å². The van der Waals surface area contributed by atoms with E-state index in [9.17, 15) is 9.59 Å². The number of carbonyl (C=O) groups excluding carboxylic acids is 2. The van der Waals surface area contributed by atoms with E-state index < -0.39 is 0 Å². The fourth-order valence-corrected chi connectivity index (χ4v) is 5.14. The van der Waals surface area contributed by atoms with E-state index in [2.05, 4.69) is 42.0 Å². The van der Waals surface area contributed by atoms with Gasteiger partial charge in [-0.15, -0.1) is 0 Å². The third-order valence-corrected chi connectivity index (χ3v) is 7.13. The first kappa shape index (κ1) is 22.4. The lowest BCUT2D eigenvalue weighted by molar-refractivity contribution is -0.132. The summed E-state index contributed by atoms with van der Waals surface area (Å²) in [6, 6.07) is 14.3. The molecule has 0 bridgehead atoms. The van der Waals surface area contributed by atoms with Gasteiger partial charge in [0.25, 0.3) is 5.91 Å². The van der Waals surface area contributed by atoms with E-state index in [0.29, 0.717) is 18.8 Å². The molecule has 3 heterocycles. The first-order chi connectivity index (χ1) is 16.5. The Hall–Kier alpha value is -3.35. The SMILES string of the molecule is Cc1ccc(C)c(N2CCN(C(=O)Cn3nc(C(=O)N4CCCCC4)c4ccccc43)CC2)c1. The van der Waals surface area contributed by atoms with Crippen LogP contribution in [-0.4, -0.2) is 70.7 Å². The van der Waals surface area contributed by atoms with Crippen LogP contribution in [0.15, 0.2) is 42.5 Å². The van der Waals surface area contributed by atoms with Gasteiger partial charge in [-0.3, -0.25) is 14.3 Å². The number of hydrogen-bond donors (Lipinski definition) is 0. The number of nitrogens with zero attached hydrogens (tertiary/aromatic N) is 5. The molecule has 2 fully saturated rings. The Morgan fingerprint density at radius 2 is 1.59 bits per heavy atom. The van der Waals surface area contributed by atoms with E-state index in [1.165, 1.54) is 23.2 Å². The maximum Gasteiger partial charge on any atom is 0.275 e. The van der Waals surface area contributed by atoms with Crippen molar-refractivity contribution in [3.63, 3.8) is 0 Å². The lowest BCUT2D eigenvalue weighted by Gasteiger charge is -2.37. The molecule has 34 heavy (non-hydrogen) atoms. The molecule has 7 nitrogen and oxygen atoms in total. The second kappa shape index (κ2) is 9.49. The van der Waals surface area contributed by atoms with E-state index in [-0.39, 0.29) is 18.4 Å². The highest BCUT2D eigenvalue weighted by Gasteiger charge is 2.26. The molecule has 3 aromatic rings. The van der Waals surface area contributed by atoms with Gasteiger partial charge in [0.15, 0.2) is 5.69 Å². The van der Waals surface area contributed by atoms with Gasteiger partial charge in [-0.1, -0.05) is 30.3 Å². The molecule has 2 aliphatic heterocycles. The molecule has 178 valence electrons. The number of carbonyl (C=O) groups is 2. The molecule has 0 saturated carbocycles. The summed E-state index contributed by atoms with van der Waals surface area (Å²) >= 11 is 0. The predicted octanol–water partition coefficient (Wildman–Crippen LogP) is 3.63. The molecular weight excluding hydrogens is 426 g/mol. The van der Waals surface area contributed by atoms with Gasteiger partial charge in [0.05, 0.1) is 5.52 Å². The summed E-state index contributed by atoms with van der Waals surface area (Å²) in [4.78, 5) is 32.6. The number of amides is 2. The van der Waals surface area contributed by atoms with Crippen molar-refractivity contribution in [3.8, 4) is 0 Å². The van der Waals surface area contributed by atoms with Crippen molar-refractivity contribution in [1.29, 1.82) is 0 Å². The van der Waals surface area contributed by atoms with Crippen molar-refractivity contribution >= 4 is 28.4 Å². The van der Waals surface area contributed by atoms with E-state index in [0.717, 1.165) is 49.9 Å². The van der Waals surface area contributed by atoms with Crippen molar-refractivity contribution in [2.45, 2.75) is 39.7 Å². The zero-order valence-corrected chi connectivity index (χ0v) is 20.2. The average molecular weight is 460 g/mol. The number of anilines is 1. The Morgan fingerprint density at radius 1 is 0.853 bits per heavy atom. The average Bonchev–Trinajstić information content (AvgIpc) is 3.24. The molecule has 5 rings (SSSR count). The summed E-state index contributed by atoms with van der Waals surface area (Å²) in [5.74, 6) is 0.0232. The molecule has 2 amide bonds. The molecule has 0 aliphatic carbocycles. The molecule has 0 radical (unpaired) electrons. The molecular formula is C27H33N5O2. The maximum atomic E-state index is 13.2. The zero-order valence-electron chi connectivity index (χ0n) is 20.2. The summed E-state index contributed by atoms with van der Waals surface area (Å²) < 4.78 is 1.71. The van der Waals surface area contributed by atoms with Crippen molar-refractivity contribution in [2.75, 3.05) is 44.2 Å². The maximum absolute atomic E-state index is 13.2. The molecule has 1 aromatic heterocycles. The molecule has 0 spiro atoms. The van der Waals surface area contributed by atoms with Gasteiger partial charge in [0, 0.05) is 50.3 Å². The van der Waals surface area contributed by atoms with Crippen molar-refractivity contribution in [3.05, 3.63) is 59.3 Å². The van der Waals surface area contributed by atoms with Gasteiger partial charge in [0.1, 0.15) is 6.54 Å². The number of piperidine rings is 1. The monoisotopic (exact) mass is 459 g/mol. The lowest BCUT2D eigenvalue weighted by Crippen LogP contribution is -2.49. The van der Waals surface area contributed by atoms with Crippen LogP contribution >= 0.6 is 0 Å². The number of benzene rings is 2. The number of rotatable bonds is 4. The van der Waals surface area contributed by atoms with Crippen molar-refractivity contribution < 1.29 is 9.59 Å². The van der Waals surface area contributed by atoms with Gasteiger partial charge in [-0.05, 0) is 56.4 Å². The number of piperazine rings is 1. The summed E-state index contributed by atoms with van der Waals surface area (Å²) in [6.45, 7) is 8.96. The normalized spacial score (nSPS) is 16.8. The van der Waals surface area contributed by atoms with Gasteiger partial charge in [-0.25, -0.2) is 0 Å². The van der Waals surface area contributed by atoms with Gasteiger partial charge in [-0.2, -0.15) is 5.10 Å². The van der Waals surface area contributed by atoms with Crippen LogP contribution in [0, 0.1) is 13.8 Å². The van der Waals surface area contributed by atoms with Crippen LogP contribution < -0.4 is 4.90 Å². The second-order valence-electron chi connectivity index (χ2n) is 9.53. The minimum atomic E-state index is -0.0239. The Bertz CT molecular complexity index is 1200. The summed E-state index contributed by atoms with van der Waals surface area (Å²) in [6.07, 6.45) is 3.25. The second-order valence-corrected chi connectivity index (χ2v) is 9.53. The number of hydrogen-bond acceptors (Lipinski definition) is 4. The summed E-state index contributed by atoms with van der Waals surface area (Å²) in [5, 5.41) is 5.48. The highest BCUT2D eigenvalue weighted by molar-refractivity contribution is 6.05. The molecule has 0 atom stereocenters. The number of aryl methyl sites for hydroxylation is 2. The molecule has 0 N–H and O–H groups in total. The number of likely N-dealkylation sites (tertiary alicyclic amines) is 1. The number of aromatic nitrogens is 2. The van der Waals surface area contributed by atoms with E-state index >= 15 is 0 Å². The molecule has 2 aromatic carbocycles. The van der Waals surface area contributed by atoms with Gasteiger partial charge in [0.2, 0.25) is 5.91 Å². The highest BCUT2D eigenvalue weighted by Crippen LogP contribution is 2.24. The summed E-state index contributed by atoms with van der Waals surface area (Å²) in [7, 11) is 0. The Kier molecular flexibility index (Phi) is 6.26. The van der Waals surface area contributed by atoms with Crippen LogP contribution in [0.4, 0.5) is 5.69 Å². The number of para-hydroxylation sites is 1. The first-order valence-corrected chi connectivity index (χ1v) is 12.4. The fourth-order valence-electron chi connectivity index (χ4n) is 5.14. The lowest BCUT2D eigenvalue weighted by atomic mass is 10.1. The molecule has 2 saturated heterocycles. The Balaban J connectivity index is 1.29. The van der Waals surface area contributed by atoms with Crippen molar-refractivity contribution in [1.82, 2.24) is 19.6 Å². The van der Waals surface area contributed by atoms with E-state index in [1.54, 1.807) is 4.68 Å². The van der Waals surface area contributed by atoms with Crippen LogP contribution in [0.25, 0.3) is 10.9 Å². The summed E-state index contributed by atoms with van der Waals surface area (Å²) in [5.41, 5.74) is 5.07. The molecule has 2 aliphatic rings. The van der Waals surface area contributed by atoms with Gasteiger partial charge >= 0.3 is 0 Å². The van der Waals surface area contributed by atoms with Crippen LogP contribution in [0.3, 0.4) is 0 Å². The smallest absolute Gasteiger partial charge is 0.275 e. The zero-order chi connectivity index (χ0) is 23.7. The largest absolute Gasteiger partial charge is 0.368 e. The third-order valence-electron chi connectivity index (χ3n) is 7.13. The van der Waals surface area contributed by atoms with Crippen LogP contribution in [0.2, 0.25) is 0 Å². The molecule has 0 unspecified atom stereocenters. The quantitative estimate of drug-likeness (QED) is 0.598. The number of fused-ring (bicyclic) bond motifs is 1. The fraction of sp³-hybridized carbons (Fsp3) is 0.444. The Labute approximate surface area is 200 Å². The minimum absolute atomic E-state index is 0.0239. The minimum Gasteiger partial charge on any atom is -0.368 e. The first-order valence-electron chi connectivity index (χ1n) is 12.4. The standard InChI is InChI=1S/C27H33N5O2/c1-20-10-11-21(2)24(18-20)29-14-16-30(17-15-29)25(33)19-32-23-9-5-4-8-22(23)26(28-32)27(34)31-12-6-3-7-13-31/h4-5,8-11,18H,3,6-7,12-17,19H2,1-2H3. The van der Waals surface area contributed by atoms with Crippen molar-refractivity contribution in [2.24, 2.45) is 0 Å². The van der Waals surface area contributed by atoms with Crippen LogP contribution in [-0.2, 0) is 11.3 Å².